The molecule has 0 bridgehead atoms. The van der Waals surface area contributed by atoms with Gasteiger partial charge in [0.25, 0.3) is 11.8 Å². The number of aryl methyl sites for hydroxylation is 1. The lowest BCUT2D eigenvalue weighted by Gasteiger charge is -2.32. The first kappa shape index (κ1) is 21.8. The second-order valence-corrected chi connectivity index (χ2v) is 7.65. The number of anilines is 1. The van der Waals surface area contributed by atoms with E-state index >= 15 is 0 Å². The van der Waals surface area contributed by atoms with Gasteiger partial charge in [0.2, 0.25) is 0 Å². The van der Waals surface area contributed by atoms with Gasteiger partial charge in [0.05, 0.1) is 32.8 Å². The SMILES string of the molecule is CCCOc1ccc(C(=O)N2CC[NH+](CC(=O)Nc3ccccc3CC)CC2)cc1. The monoisotopic (exact) mass is 410 g/mol. The first-order valence-electron chi connectivity index (χ1n) is 10.8. The molecule has 6 nitrogen and oxygen atoms in total. The Morgan fingerprint density at radius 3 is 2.40 bits per heavy atom. The fourth-order valence-corrected chi connectivity index (χ4v) is 3.67. The van der Waals surface area contributed by atoms with E-state index in [1.165, 1.54) is 4.90 Å². The van der Waals surface area contributed by atoms with Crippen LogP contribution in [0.1, 0.15) is 36.2 Å². The highest BCUT2D eigenvalue weighted by Crippen LogP contribution is 2.15. The smallest absolute Gasteiger partial charge is 0.279 e. The molecular weight excluding hydrogens is 378 g/mol. The predicted molar refractivity (Wildman–Crippen MR) is 118 cm³/mol. The highest BCUT2D eigenvalue weighted by atomic mass is 16.5. The molecule has 0 aliphatic carbocycles. The molecular formula is C24H32N3O3+. The van der Waals surface area contributed by atoms with E-state index in [0.29, 0.717) is 31.8 Å². The zero-order valence-electron chi connectivity index (χ0n) is 17.9. The highest BCUT2D eigenvalue weighted by Gasteiger charge is 2.26. The van der Waals surface area contributed by atoms with Crippen molar-refractivity contribution in [2.24, 2.45) is 0 Å². The predicted octanol–water partition coefficient (Wildman–Crippen LogP) is 2.02. The van der Waals surface area contributed by atoms with Crippen molar-refractivity contribution in [2.75, 3.05) is 44.6 Å². The van der Waals surface area contributed by atoms with Gasteiger partial charge in [-0.15, -0.1) is 0 Å². The molecule has 0 atom stereocenters. The number of para-hydroxylation sites is 1. The molecule has 3 rings (SSSR count). The van der Waals surface area contributed by atoms with Gasteiger partial charge in [0.1, 0.15) is 5.75 Å². The van der Waals surface area contributed by atoms with Crippen LogP contribution in [-0.4, -0.2) is 56.0 Å². The van der Waals surface area contributed by atoms with E-state index in [2.05, 4.69) is 19.2 Å². The topological polar surface area (TPSA) is 63.1 Å². The van der Waals surface area contributed by atoms with Crippen LogP contribution in [0.5, 0.6) is 5.75 Å². The second kappa shape index (κ2) is 10.8. The van der Waals surface area contributed by atoms with E-state index in [1.807, 2.05) is 53.4 Å². The fourth-order valence-electron chi connectivity index (χ4n) is 3.67. The van der Waals surface area contributed by atoms with Crippen LogP contribution in [0.15, 0.2) is 48.5 Å². The maximum absolute atomic E-state index is 12.8. The lowest BCUT2D eigenvalue weighted by molar-refractivity contribution is -0.895. The third-order valence-electron chi connectivity index (χ3n) is 5.41. The van der Waals surface area contributed by atoms with Crippen LogP contribution in [0, 0.1) is 0 Å². The molecule has 1 saturated heterocycles. The molecule has 1 aliphatic rings. The molecule has 2 aromatic rings. The summed E-state index contributed by atoms with van der Waals surface area (Å²) < 4.78 is 5.58. The van der Waals surface area contributed by atoms with Crippen molar-refractivity contribution in [1.29, 1.82) is 0 Å². The van der Waals surface area contributed by atoms with E-state index in [1.54, 1.807) is 0 Å². The molecule has 2 aromatic carbocycles. The summed E-state index contributed by atoms with van der Waals surface area (Å²) in [4.78, 5) is 28.3. The first-order chi connectivity index (χ1) is 14.6. The van der Waals surface area contributed by atoms with E-state index < -0.39 is 0 Å². The lowest BCUT2D eigenvalue weighted by Crippen LogP contribution is -3.15. The Balaban J connectivity index is 1.47. The number of nitrogens with zero attached hydrogens (tertiary/aromatic N) is 1. The normalized spacial score (nSPS) is 14.4. The maximum atomic E-state index is 12.8. The van der Waals surface area contributed by atoms with Gasteiger partial charge < -0.3 is 19.9 Å². The summed E-state index contributed by atoms with van der Waals surface area (Å²) in [6.07, 6.45) is 1.84. The molecule has 2 N–H and O–H groups in total. The van der Waals surface area contributed by atoms with E-state index in [4.69, 9.17) is 4.74 Å². The Bertz CT molecular complexity index is 843. The molecule has 1 heterocycles. The minimum absolute atomic E-state index is 0.0216. The summed E-state index contributed by atoms with van der Waals surface area (Å²) in [5.41, 5.74) is 2.71. The molecule has 0 saturated carbocycles. The van der Waals surface area contributed by atoms with Gasteiger partial charge in [0.15, 0.2) is 6.54 Å². The van der Waals surface area contributed by atoms with Crippen molar-refractivity contribution < 1.29 is 19.2 Å². The summed E-state index contributed by atoms with van der Waals surface area (Å²) in [7, 11) is 0. The van der Waals surface area contributed by atoms with Crippen molar-refractivity contribution in [3.8, 4) is 5.75 Å². The number of quaternary nitrogens is 1. The molecule has 1 fully saturated rings. The third kappa shape index (κ3) is 5.83. The number of nitrogens with one attached hydrogen (secondary N) is 2. The van der Waals surface area contributed by atoms with Crippen LogP contribution >= 0.6 is 0 Å². The molecule has 30 heavy (non-hydrogen) atoms. The molecule has 6 heteroatoms. The van der Waals surface area contributed by atoms with Gasteiger partial charge >= 0.3 is 0 Å². The largest absolute Gasteiger partial charge is 0.494 e. The second-order valence-electron chi connectivity index (χ2n) is 7.65. The Kier molecular flexibility index (Phi) is 7.85. The van der Waals surface area contributed by atoms with Gasteiger partial charge in [-0.3, -0.25) is 9.59 Å². The molecule has 0 unspecified atom stereocenters. The number of carbonyl (C=O) groups excluding carboxylic acids is 2. The van der Waals surface area contributed by atoms with Gasteiger partial charge in [-0.05, 0) is 48.7 Å². The lowest BCUT2D eigenvalue weighted by atomic mass is 10.1. The average Bonchev–Trinajstić information content (AvgIpc) is 2.78. The van der Waals surface area contributed by atoms with E-state index in [0.717, 1.165) is 42.9 Å². The number of benzene rings is 2. The summed E-state index contributed by atoms with van der Waals surface area (Å²) in [5.74, 6) is 0.851. The highest BCUT2D eigenvalue weighted by molar-refractivity contribution is 5.94. The van der Waals surface area contributed by atoms with Crippen molar-refractivity contribution in [2.45, 2.75) is 26.7 Å². The number of amides is 2. The Hall–Kier alpha value is -2.86. The molecule has 160 valence electrons. The number of rotatable bonds is 8. The molecule has 0 aromatic heterocycles. The number of ether oxygens (including phenoxy) is 1. The van der Waals surface area contributed by atoms with Crippen LogP contribution < -0.4 is 15.0 Å². The number of piperazine rings is 1. The van der Waals surface area contributed by atoms with E-state index in [-0.39, 0.29) is 11.8 Å². The van der Waals surface area contributed by atoms with Gasteiger partial charge in [0, 0.05) is 11.3 Å². The van der Waals surface area contributed by atoms with Crippen molar-refractivity contribution in [3.63, 3.8) is 0 Å². The Labute approximate surface area is 178 Å². The van der Waals surface area contributed by atoms with Crippen molar-refractivity contribution in [3.05, 3.63) is 59.7 Å². The summed E-state index contributed by atoms with van der Waals surface area (Å²) in [6, 6.07) is 15.3. The maximum Gasteiger partial charge on any atom is 0.279 e. The number of carbonyl (C=O) groups is 2. The van der Waals surface area contributed by atoms with E-state index in [9.17, 15) is 9.59 Å². The number of hydrogen-bond donors (Lipinski definition) is 2. The van der Waals surface area contributed by atoms with Gasteiger partial charge in [-0.25, -0.2) is 0 Å². The van der Waals surface area contributed by atoms with Crippen molar-refractivity contribution >= 4 is 17.5 Å². The summed E-state index contributed by atoms with van der Waals surface area (Å²) in [6.45, 7) is 8.09. The third-order valence-corrected chi connectivity index (χ3v) is 5.41. The van der Waals surface area contributed by atoms with Gasteiger partial charge in [-0.1, -0.05) is 32.0 Å². The first-order valence-corrected chi connectivity index (χ1v) is 10.8. The molecule has 1 aliphatic heterocycles. The minimum atomic E-state index is 0.0216. The van der Waals surface area contributed by atoms with Crippen molar-refractivity contribution in [1.82, 2.24) is 4.90 Å². The molecule has 0 radical (unpaired) electrons. The number of hydrogen-bond acceptors (Lipinski definition) is 3. The Morgan fingerprint density at radius 2 is 1.73 bits per heavy atom. The summed E-state index contributed by atoms with van der Waals surface area (Å²) >= 11 is 0. The van der Waals surface area contributed by atoms with Crippen LogP contribution in [0.3, 0.4) is 0 Å². The Morgan fingerprint density at radius 1 is 1.03 bits per heavy atom. The van der Waals surface area contributed by atoms with Crippen LogP contribution in [0.2, 0.25) is 0 Å². The zero-order valence-corrected chi connectivity index (χ0v) is 17.9. The van der Waals surface area contributed by atoms with Crippen LogP contribution in [0.25, 0.3) is 0 Å². The van der Waals surface area contributed by atoms with Crippen LogP contribution in [0.4, 0.5) is 5.69 Å². The van der Waals surface area contributed by atoms with Gasteiger partial charge in [-0.2, -0.15) is 0 Å². The molecule has 0 spiro atoms. The zero-order chi connectivity index (χ0) is 21.3. The standard InChI is InChI=1S/C24H31N3O3/c1-3-17-30-21-11-9-20(10-12-21)24(29)27-15-13-26(14-16-27)18-23(28)25-22-8-6-5-7-19(22)4-2/h5-12H,3-4,13-18H2,1-2H3,(H,25,28)/p+1. The fraction of sp³-hybridized carbons (Fsp3) is 0.417. The molecule has 2 amide bonds. The van der Waals surface area contributed by atoms with Crippen LogP contribution in [-0.2, 0) is 11.2 Å². The average molecular weight is 411 g/mol. The minimum Gasteiger partial charge on any atom is -0.494 e. The summed E-state index contributed by atoms with van der Waals surface area (Å²) in [5, 5.41) is 3.04. The quantitative estimate of drug-likeness (QED) is 0.700.